The van der Waals surface area contributed by atoms with Gasteiger partial charge in [-0.15, -0.1) is 0 Å². The van der Waals surface area contributed by atoms with E-state index in [1.54, 1.807) is 4.90 Å². The number of piperazine rings is 1. The fourth-order valence-electron chi connectivity index (χ4n) is 4.30. The van der Waals surface area contributed by atoms with Crippen molar-refractivity contribution in [2.75, 3.05) is 32.7 Å². The zero-order valence-electron chi connectivity index (χ0n) is 19.7. The summed E-state index contributed by atoms with van der Waals surface area (Å²) in [6, 6.07) is 9.79. The molecule has 4 rings (SSSR count). The topological polar surface area (TPSA) is 86.5 Å². The Labute approximate surface area is 194 Å². The van der Waals surface area contributed by atoms with E-state index in [2.05, 4.69) is 28.0 Å². The van der Waals surface area contributed by atoms with Crippen LogP contribution in [0.3, 0.4) is 0 Å². The predicted molar refractivity (Wildman–Crippen MR) is 124 cm³/mol. The third-order valence-corrected chi connectivity index (χ3v) is 6.02. The summed E-state index contributed by atoms with van der Waals surface area (Å²) in [6.07, 6.45) is 0.648. The van der Waals surface area contributed by atoms with Crippen LogP contribution in [0.1, 0.15) is 43.4 Å². The lowest BCUT2D eigenvalue weighted by molar-refractivity contribution is 0.0132. The number of amides is 1. The van der Waals surface area contributed by atoms with Crippen molar-refractivity contribution in [2.45, 2.75) is 52.4 Å². The first-order valence-corrected chi connectivity index (χ1v) is 11.5. The van der Waals surface area contributed by atoms with Gasteiger partial charge in [-0.3, -0.25) is 14.6 Å². The van der Waals surface area contributed by atoms with Crippen molar-refractivity contribution in [3.8, 4) is 5.75 Å². The van der Waals surface area contributed by atoms with Crippen LogP contribution in [-0.4, -0.2) is 64.2 Å². The molecule has 2 aliphatic rings. The number of hydrogen-bond donors (Lipinski definition) is 1. The van der Waals surface area contributed by atoms with Gasteiger partial charge < -0.3 is 19.2 Å². The second-order valence-corrected chi connectivity index (χ2v) is 9.82. The van der Waals surface area contributed by atoms with Gasteiger partial charge in [-0.25, -0.2) is 4.79 Å². The number of rotatable bonds is 4. The van der Waals surface area contributed by atoms with Crippen molar-refractivity contribution in [3.05, 3.63) is 63.2 Å². The van der Waals surface area contributed by atoms with Gasteiger partial charge >= 0.3 is 6.09 Å². The van der Waals surface area contributed by atoms with E-state index < -0.39 is 11.0 Å². The van der Waals surface area contributed by atoms with Crippen LogP contribution in [0.2, 0.25) is 0 Å². The van der Waals surface area contributed by atoms with Crippen molar-refractivity contribution in [2.24, 2.45) is 0 Å². The number of carbonyl (C=O) groups excluding carboxylic acids is 1. The first-order chi connectivity index (χ1) is 15.7. The van der Waals surface area contributed by atoms with Gasteiger partial charge in [0.05, 0.1) is 13.1 Å². The van der Waals surface area contributed by atoms with Crippen molar-refractivity contribution in [1.29, 1.82) is 0 Å². The molecule has 0 unspecified atom stereocenters. The van der Waals surface area contributed by atoms with Crippen molar-refractivity contribution in [1.82, 2.24) is 14.7 Å². The van der Waals surface area contributed by atoms with Gasteiger partial charge in [-0.2, -0.15) is 0 Å². The number of benzene rings is 1. The first kappa shape index (κ1) is 23.3. The van der Waals surface area contributed by atoms with Gasteiger partial charge in [0.2, 0.25) is 11.2 Å². The SMILES string of the molecule is CC(C)(C)OC(=O)N1CCN(Cc2oc(CN3CCc4ccccc4C3)cc(=O)c2O)CC1. The Hall–Kier alpha value is -2.84. The van der Waals surface area contributed by atoms with Gasteiger partial charge in [0.15, 0.2) is 5.76 Å². The maximum absolute atomic E-state index is 12.4. The van der Waals surface area contributed by atoms with Crippen LogP contribution in [0.5, 0.6) is 5.75 Å². The molecule has 0 bridgehead atoms. The fourth-order valence-corrected chi connectivity index (χ4v) is 4.30. The third kappa shape index (κ3) is 5.94. The fraction of sp³-hybridized carbons (Fsp3) is 0.520. The normalized spacial score (nSPS) is 17.6. The molecule has 0 saturated carbocycles. The molecule has 1 fully saturated rings. The monoisotopic (exact) mass is 455 g/mol. The zero-order chi connectivity index (χ0) is 23.6. The van der Waals surface area contributed by atoms with E-state index in [-0.39, 0.29) is 17.6 Å². The number of hydrogen-bond acceptors (Lipinski definition) is 7. The molecule has 0 atom stereocenters. The van der Waals surface area contributed by atoms with E-state index in [0.717, 1.165) is 19.5 Å². The van der Waals surface area contributed by atoms with Gasteiger partial charge in [0, 0.05) is 45.3 Å². The maximum Gasteiger partial charge on any atom is 0.410 e. The molecule has 2 aromatic rings. The van der Waals surface area contributed by atoms with Crippen molar-refractivity contribution >= 4 is 6.09 Å². The summed E-state index contributed by atoms with van der Waals surface area (Å²) in [5, 5.41) is 10.3. The molecule has 0 aliphatic carbocycles. The van der Waals surface area contributed by atoms with E-state index in [1.807, 2.05) is 26.8 Å². The molecule has 1 saturated heterocycles. The van der Waals surface area contributed by atoms with Gasteiger partial charge in [-0.1, -0.05) is 24.3 Å². The Balaban J connectivity index is 1.37. The highest BCUT2D eigenvalue weighted by atomic mass is 16.6. The smallest absolute Gasteiger partial charge is 0.410 e. The van der Waals surface area contributed by atoms with E-state index in [1.165, 1.54) is 17.2 Å². The van der Waals surface area contributed by atoms with Crippen LogP contribution in [0.15, 0.2) is 39.5 Å². The van der Waals surface area contributed by atoms with Crippen LogP contribution in [-0.2, 0) is 30.8 Å². The summed E-state index contributed by atoms with van der Waals surface area (Å²) >= 11 is 0. The summed E-state index contributed by atoms with van der Waals surface area (Å²) < 4.78 is 11.4. The minimum Gasteiger partial charge on any atom is -0.502 e. The molecular weight excluding hydrogens is 422 g/mol. The Kier molecular flexibility index (Phi) is 6.76. The van der Waals surface area contributed by atoms with E-state index >= 15 is 0 Å². The van der Waals surface area contributed by atoms with Crippen LogP contribution in [0.25, 0.3) is 0 Å². The average molecular weight is 456 g/mol. The molecule has 8 nitrogen and oxygen atoms in total. The summed E-state index contributed by atoms with van der Waals surface area (Å²) in [7, 11) is 0. The summed E-state index contributed by atoms with van der Waals surface area (Å²) in [5.74, 6) is 0.498. The van der Waals surface area contributed by atoms with Gasteiger partial charge in [0.1, 0.15) is 11.4 Å². The average Bonchev–Trinajstić information content (AvgIpc) is 2.76. The minimum atomic E-state index is -0.527. The highest BCUT2D eigenvalue weighted by Crippen LogP contribution is 2.23. The van der Waals surface area contributed by atoms with Crippen LogP contribution >= 0.6 is 0 Å². The van der Waals surface area contributed by atoms with Crippen molar-refractivity contribution < 1.29 is 19.1 Å². The predicted octanol–water partition coefficient (Wildman–Crippen LogP) is 2.96. The molecule has 1 N–H and O–H groups in total. The second-order valence-electron chi connectivity index (χ2n) is 9.82. The largest absolute Gasteiger partial charge is 0.502 e. The van der Waals surface area contributed by atoms with E-state index in [0.29, 0.717) is 45.0 Å². The molecular formula is C25H33N3O5. The Morgan fingerprint density at radius 1 is 1.03 bits per heavy atom. The Bertz CT molecular complexity index is 1050. The molecule has 1 amide bonds. The summed E-state index contributed by atoms with van der Waals surface area (Å²) in [6.45, 7) is 10.3. The molecule has 178 valence electrons. The number of nitrogens with zero attached hydrogens (tertiary/aromatic N) is 3. The molecule has 8 heteroatoms. The lowest BCUT2D eigenvalue weighted by atomic mass is 10.00. The molecule has 1 aromatic heterocycles. The molecule has 3 heterocycles. The Morgan fingerprint density at radius 3 is 2.42 bits per heavy atom. The lowest BCUT2D eigenvalue weighted by Gasteiger charge is -2.35. The second kappa shape index (κ2) is 9.57. The molecule has 0 spiro atoms. The number of ether oxygens (including phenoxy) is 1. The highest BCUT2D eigenvalue weighted by molar-refractivity contribution is 5.68. The third-order valence-electron chi connectivity index (χ3n) is 6.02. The molecule has 0 radical (unpaired) electrons. The highest BCUT2D eigenvalue weighted by Gasteiger charge is 2.27. The summed E-state index contributed by atoms with van der Waals surface area (Å²) in [4.78, 5) is 30.7. The lowest BCUT2D eigenvalue weighted by Crippen LogP contribution is -2.49. The molecule has 2 aliphatic heterocycles. The molecule has 1 aromatic carbocycles. The van der Waals surface area contributed by atoms with Gasteiger partial charge in [0.25, 0.3) is 0 Å². The first-order valence-electron chi connectivity index (χ1n) is 11.5. The maximum atomic E-state index is 12.4. The number of carbonyl (C=O) groups is 1. The number of aromatic hydroxyl groups is 1. The van der Waals surface area contributed by atoms with Crippen LogP contribution in [0.4, 0.5) is 4.79 Å². The van der Waals surface area contributed by atoms with Gasteiger partial charge in [-0.05, 0) is 38.3 Å². The number of fused-ring (bicyclic) bond motifs is 1. The van der Waals surface area contributed by atoms with Crippen molar-refractivity contribution in [3.63, 3.8) is 0 Å². The van der Waals surface area contributed by atoms with E-state index in [4.69, 9.17) is 9.15 Å². The standard InChI is InChI=1S/C25H33N3O5/c1-25(2,3)33-24(31)28-12-10-26(11-13-28)17-22-23(30)21(29)14-20(32-22)16-27-9-8-18-6-4-5-7-19(18)15-27/h4-7,14,30H,8-13,15-17H2,1-3H3. The quantitative estimate of drug-likeness (QED) is 0.759. The minimum absolute atomic E-state index is 0.278. The Morgan fingerprint density at radius 2 is 1.73 bits per heavy atom. The van der Waals surface area contributed by atoms with E-state index in [9.17, 15) is 14.7 Å². The molecule has 33 heavy (non-hydrogen) atoms. The zero-order valence-corrected chi connectivity index (χ0v) is 19.7. The summed E-state index contributed by atoms with van der Waals surface area (Å²) in [5.41, 5.74) is 1.72. The van der Waals surface area contributed by atoms with Crippen LogP contribution in [0, 0.1) is 0 Å². The van der Waals surface area contributed by atoms with Crippen LogP contribution < -0.4 is 5.43 Å².